The monoisotopic (exact) mass is 330 g/mol. The van der Waals surface area contributed by atoms with E-state index >= 15 is 0 Å². The highest BCUT2D eigenvalue weighted by Crippen LogP contribution is 2.17. The van der Waals surface area contributed by atoms with E-state index in [1.165, 1.54) is 9.47 Å². The number of amides is 1. The number of fused-ring (bicyclic) bond motifs is 1. The van der Waals surface area contributed by atoms with Crippen molar-refractivity contribution in [1.82, 2.24) is 19.7 Å². The quantitative estimate of drug-likeness (QED) is 0.837. The molecule has 2 heterocycles. The van der Waals surface area contributed by atoms with Gasteiger partial charge < -0.3 is 10.0 Å². The van der Waals surface area contributed by atoms with Crippen LogP contribution in [0.5, 0.6) is 0 Å². The number of H-pyrrole nitrogens is 1. The highest BCUT2D eigenvalue weighted by Gasteiger charge is 2.36. The summed E-state index contributed by atoms with van der Waals surface area (Å²) in [6.45, 7) is 3.80. The first kappa shape index (κ1) is 16.0. The van der Waals surface area contributed by atoms with Crippen molar-refractivity contribution in [2.24, 2.45) is 0 Å². The Morgan fingerprint density at radius 3 is 2.58 bits per heavy atom. The molecule has 1 amide bonds. The summed E-state index contributed by atoms with van der Waals surface area (Å²) in [5.74, 6) is -1.07. The van der Waals surface area contributed by atoms with Gasteiger partial charge in [0.2, 0.25) is 5.91 Å². The van der Waals surface area contributed by atoms with Crippen molar-refractivity contribution in [3.8, 4) is 0 Å². The third kappa shape index (κ3) is 2.94. The molecule has 0 fully saturated rings. The maximum absolute atomic E-state index is 12.7. The molecule has 24 heavy (non-hydrogen) atoms. The fourth-order valence-electron chi connectivity index (χ4n) is 3.11. The number of rotatable bonds is 3. The van der Waals surface area contributed by atoms with Gasteiger partial charge in [0.05, 0.1) is 19.5 Å². The molecule has 126 valence electrons. The lowest BCUT2D eigenvalue weighted by molar-refractivity contribution is -0.152. The van der Waals surface area contributed by atoms with Gasteiger partial charge in [0.25, 0.3) is 0 Å². The molecule has 0 saturated carbocycles. The van der Waals surface area contributed by atoms with E-state index in [0.717, 1.165) is 16.7 Å². The van der Waals surface area contributed by atoms with E-state index in [2.05, 4.69) is 10.2 Å². The predicted molar refractivity (Wildman–Crippen MR) is 84.4 cm³/mol. The predicted octanol–water partition coefficient (Wildman–Crippen LogP) is 0.226. The summed E-state index contributed by atoms with van der Waals surface area (Å²) in [6, 6.07) is 4.76. The van der Waals surface area contributed by atoms with Gasteiger partial charge in [0.1, 0.15) is 6.04 Å². The molecule has 0 radical (unpaired) electrons. The van der Waals surface area contributed by atoms with Gasteiger partial charge in [-0.2, -0.15) is 5.10 Å². The molecule has 8 heteroatoms. The largest absolute Gasteiger partial charge is 0.480 e. The van der Waals surface area contributed by atoms with E-state index < -0.39 is 17.7 Å². The van der Waals surface area contributed by atoms with Gasteiger partial charge in [-0.1, -0.05) is 29.3 Å². The first-order chi connectivity index (χ1) is 11.3. The molecule has 1 aromatic carbocycles. The molecule has 0 saturated heterocycles. The van der Waals surface area contributed by atoms with Crippen LogP contribution in [0.15, 0.2) is 23.0 Å². The first-order valence-corrected chi connectivity index (χ1v) is 7.58. The van der Waals surface area contributed by atoms with Crippen molar-refractivity contribution in [2.45, 2.75) is 39.4 Å². The second-order valence-electron chi connectivity index (χ2n) is 6.10. The minimum atomic E-state index is -1.14. The van der Waals surface area contributed by atoms with E-state index in [9.17, 15) is 19.5 Å². The molecule has 0 aliphatic carbocycles. The molecule has 2 aromatic rings. The highest BCUT2D eigenvalue weighted by molar-refractivity contribution is 5.85. The number of aliphatic carboxylic acids is 1. The normalized spacial score (nSPS) is 16.8. The summed E-state index contributed by atoms with van der Waals surface area (Å²) in [5, 5.41) is 15.6. The van der Waals surface area contributed by atoms with Crippen molar-refractivity contribution in [3.05, 3.63) is 51.2 Å². The lowest BCUT2D eigenvalue weighted by atomic mass is 10.0. The summed E-state index contributed by atoms with van der Waals surface area (Å²) < 4.78 is 1.26. The van der Waals surface area contributed by atoms with Crippen molar-refractivity contribution in [2.75, 3.05) is 0 Å². The maximum Gasteiger partial charge on any atom is 0.343 e. The number of nitrogens with one attached hydrogen (secondary N) is 1. The third-order valence-corrected chi connectivity index (χ3v) is 4.12. The fourth-order valence-corrected chi connectivity index (χ4v) is 3.11. The lowest BCUT2D eigenvalue weighted by Gasteiger charge is -2.32. The Hall–Kier alpha value is -2.90. The van der Waals surface area contributed by atoms with Crippen LogP contribution in [0.2, 0.25) is 0 Å². The van der Waals surface area contributed by atoms with E-state index in [0.29, 0.717) is 5.82 Å². The minimum absolute atomic E-state index is 0.000657. The SMILES string of the molecule is Cc1cc(C)cc(CC(=O)N2Cc3n[nH]c(=O)n3CC2C(=O)O)c1. The average molecular weight is 330 g/mol. The Bertz CT molecular complexity index is 847. The van der Waals surface area contributed by atoms with Crippen LogP contribution in [0.3, 0.4) is 0 Å². The number of hydrogen-bond acceptors (Lipinski definition) is 4. The fraction of sp³-hybridized carbons (Fsp3) is 0.375. The van der Waals surface area contributed by atoms with Crippen LogP contribution in [0.4, 0.5) is 0 Å². The number of carbonyl (C=O) groups excluding carboxylic acids is 1. The van der Waals surface area contributed by atoms with E-state index in [4.69, 9.17) is 0 Å². The van der Waals surface area contributed by atoms with E-state index in [1.807, 2.05) is 32.0 Å². The standard InChI is InChI=1S/C16H18N4O4/c1-9-3-10(2)5-11(4-9)6-14(21)19-8-13-17-18-16(24)20(13)7-12(19)15(22)23/h3-5,12H,6-8H2,1-2H3,(H,18,24)(H,22,23). The Kier molecular flexibility index (Phi) is 3.96. The number of carbonyl (C=O) groups is 2. The van der Waals surface area contributed by atoms with Gasteiger partial charge in [0, 0.05) is 0 Å². The number of nitrogens with zero attached hydrogens (tertiary/aromatic N) is 3. The molecule has 0 spiro atoms. The number of hydrogen-bond donors (Lipinski definition) is 2. The smallest absolute Gasteiger partial charge is 0.343 e. The summed E-state index contributed by atoms with van der Waals surface area (Å²) in [7, 11) is 0. The molecule has 1 atom stereocenters. The molecule has 3 rings (SSSR count). The van der Waals surface area contributed by atoms with E-state index in [-0.39, 0.29) is 25.4 Å². The molecule has 0 bridgehead atoms. The van der Waals surface area contributed by atoms with Crippen LogP contribution >= 0.6 is 0 Å². The van der Waals surface area contributed by atoms with Crippen molar-refractivity contribution in [3.63, 3.8) is 0 Å². The van der Waals surface area contributed by atoms with Gasteiger partial charge in [-0.25, -0.2) is 14.7 Å². The summed E-state index contributed by atoms with van der Waals surface area (Å²) in [6.07, 6.45) is 0.112. The molecule has 1 unspecified atom stereocenters. The van der Waals surface area contributed by atoms with Crippen LogP contribution in [-0.2, 0) is 29.1 Å². The van der Waals surface area contributed by atoms with Gasteiger partial charge in [0.15, 0.2) is 5.82 Å². The minimum Gasteiger partial charge on any atom is -0.480 e. The first-order valence-electron chi connectivity index (χ1n) is 7.58. The Balaban J connectivity index is 1.87. The number of carboxylic acid groups (broad SMARTS) is 1. The topological polar surface area (TPSA) is 108 Å². The number of carboxylic acids is 1. The Morgan fingerprint density at radius 2 is 1.96 bits per heavy atom. The zero-order valence-corrected chi connectivity index (χ0v) is 13.4. The molecular weight excluding hydrogens is 312 g/mol. The Morgan fingerprint density at radius 1 is 1.29 bits per heavy atom. The van der Waals surface area contributed by atoms with Gasteiger partial charge >= 0.3 is 11.7 Å². The van der Waals surface area contributed by atoms with Gasteiger partial charge in [-0.15, -0.1) is 0 Å². The second kappa shape index (κ2) is 5.95. The maximum atomic E-state index is 12.7. The van der Waals surface area contributed by atoms with Crippen molar-refractivity contribution >= 4 is 11.9 Å². The summed E-state index contributed by atoms with van der Waals surface area (Å²) in [4.78, 5) is 37.1. The van der Waals surface area contributed by atoms with Crippen LogP contribution < -0.4 is 5.69 Å². The molecule has 1 aliphatic rings. The second-order valence-corrected chi connectivity index (χ2v) is 6.10. The summed E-state index contributed by atoms with van der Waals surface area (Å²) >= 11 is 0. The number of aromatic nitrogens is 3. The van der Waals surface area contributed by atoms with Crippen molar-refractivity contribution < 1.29 is 14.7 Å². The Labute approximate surface area is 137 Å². The number of aryl methyl sites for hydroxylation is 2. The number of aromatic amines is 1. The zero-order chi connectivity index (χ0) is 17.4. The highest BCUT2D eigenvalue weighted by atomic mass is 16.4. The molecule has 2 N–H and O–H groups in total. The van der Waals surface area contributed by atoms with Crippen LogP contribution in [-0.4, -0.2) is 42.7 Å². The van der Waals surface area contributed by atoms with Crippen LogP contribution in [0, 0.1) is 13.8 Å². The van der Waals surface area contributed by atoms with Crippen LogP contribution in [0.1, 0.15) is 22.5 Å². The van der Waals surface area contributed by atoms with Gasteiger partial charge in [-0.3, -0.25) is 9.36 Å². The molecule has 8 nitrogen and oxygen atoms in total. The molecular formula is C16H18N4O4. The molecule has 1 aliphatic heterocycles. The van der Waals surface area contributed by atoms with E-state index in [1.54, 1.807) is 0 Å². The number of benzene rings is 1. The van der Waals surface area contributed by atoms with Gasteiger partial charge in [-0.05, 0) is 19.4 Å². The average Bonchev–Trinajstić information content (AvgIpc) is 2.85. The molecule has 1 aromatic heterocycles. The third-order valence-electron chi connectivity index (χ3n) is 4.12. The lowest BCUT2D eigenvalue weighted by Crippen LogP contribution is -2.52. The van der Waals surface area contributed by atoms with Crippen LogP contribution in [0.25, 0.3) is 0 Å². The zero-order valence-electron chi connectivity index (χ0n) is 13.4. The summed E-state index contributed by atoms with van der Waals surface area (Å²) in [5.41, 5.74) is 2.48. The van der Waals surface area contributed by atoms with Crippen molar-refractivity contribution in [1.29, 1.82) is 0 Å².